The molecule has 21 heavy (non-hydrogen) atoms. The van der Waals surface area contributed by atoms with Crippen molar-refractivity contribution in [3.05, 3.63) is 11.4 Å². The van der Waals surface area contributed by atoms with Crippen LogP contribution in [-0.4, -0.2) is 27.6 Å². The van der Waals surface area contributed by atoms with Crippen LogP contribution in [0.4, 0.5) is 0 Å². The molecule has 1 aromatic rings. The molecule has 1 fully saturated rings. The molecule has 0 spiro atoms. The number of ether oxygens (including phenoxy) is 1. The molecule has 0 aliphatic heterocycles. The molecule has 1 aliphatic rings. The Hall–Kier alpha value is -1.39. The van der Waals surface area contributed by atoms with Crippen LogP contribution in [0.1, 0.15) is 87.9 Å². The van der Waals surface area contributed by atoms with Crippen LogP contribution < -0.4 is 0 Å². The summed E-state index contributed by atoms with van der Waals surface area (Å²) in [7, 11) is 0. The van der Waals surface area contributed by atoms with E-state index in [-0.39, 0.29) is 11.9 Å². The molecule has 0 amide bonds. The van der Waals surface area contributed by atoms with Crippen LogP contribution in [0.5, 0.6) is 0 Å². The van der Waals surface area contributed by atoms with Gasteiger partial charge in [0.1, 0.15) is 0 Å². The number of hydrogen-bond acceptors (Lipinski definition) is 4. The van der Waals surface area contributed by atoms with Gasteiger partial charge in [-0.2, -0.15) is 0 Å². The van der Waals surface area contributed by atoms with Gasteiger partial charge in [-0.25, -0.2) is 9.48 Å². The minimum Gasteiger partial charge on any atom is -0.461 e. The summed E-state index contributed by atoms with van der Waals surface area (Å²) in [5, 5.41) is 8.42. The molecule has 2 rings (SSSR count). The Morgan fingerprint density at radius 2 is 2.14 bits per heavy atom. The van der Waals surface area contributed by atoms with E-state index in [1.807, 2.05) is 11.6 Å². The van der Waals surface area contributed by atoms with Crippen LogP contribution in [0, 0.1) is 5.92 Å². The van der Waals surface area contributed by atoms with Crippen LogP contribution >= 0.6 is 0 Å². The average Bonchev–Trinajstić information content (AvgIpc) is 2.92. The maximum absolute atomic E-state index is 12.0. The van der Waals surface area contributed by atoms with Crippen molar-refractivity contribution >= 4 is 5.97 Å². The molecule has 1 heterocycles. The van der Waals surface area contributed by atoms with Gasteiger partial charge >= 0.3 is 5.97 Å². The zero-order valence-electron chi connectivity index (χ0n) is 13.6. The van der Waals surface area contributed by atoms with Gasteiger partial charge < -0.3 is 4.74 Å². The summed E-state index contributed by atoms with van der Waals surface area (Å²) < 4.78 is 7.11. The maximum Gasteiger partial charge on any atom is 0.360 e. The van der Waals surface area contributed by atoms with E-state index in [1.54, 1.807) is 0 Å². The largest absolute Gasteiger partial charge is 0.461 e. The Balaban J connectivity index is 2.29. The van der Waals surface area contributed by atoms with Gasteiger partial charge in [0.05, 0.1) is 18.3 Å². The lowest BCUT2D eigenvalue weighted by Crippen LogP contribution is -2.22. The van der Waals surface area contributed by atoms with Gasteiger partial charge in [-0.05, 0) is 31.6 Å². The van der Waals surface area contributed by atoms with Crippen molar-refractivity contribution in [3.63, 3.8) is 0 Å². The van der Waals surface area contributed by atoms with E-state index in [1.165, 1.54) is 19.3 Å². The van der Waals surface area contributed by atoms with Crippen molar-refractivity contribution in [2.75, 3.05) is 6.61 Å². The summed E-state index contributed by atoms with van der Waals surface area (Å²) in [5.41, 5.74) is 1.32. The van der Waals surface area contributed by atoms with Crippen molar-refractivity contribution in [2.45, 2.75) is 71.8 Å². The van der Waals surface area contributed by atoms with Crippen LogP contribution in [-0.2, 0) is 4.74 Å². The van der Waals surface area contributed by atoms with E-state index in [4.69, 9.17) is 4.74 Å². The van der Waals surface area contributed by atoms with Gasteiger partial charge in [0.15, 0.2) is 5.69 Å². The lowest BCUT2D eigenvalue weighted by molar-refractivity contribution is 0.0517. The molecular weight excluding hydrogens is 266 g/mol. The van der Waals surface area contributed by atoms with Gasteiger partial charge in [0, 0.05) is 0 Å². The second kappa shape index (κ2) is 7.05. The average molecular weight is 293 g/mol. The van der Waals surface area contributed by atoms with Crippen LogP contribution in [0.3, 0.4) is 0 Å². The van der Waals surface area contributed by atoms with Crippen LogP contribution in [0.15, 0.2) is 0 Å². The fourth-order valence-electron chi connectivity index (χ4n) is 3.31. The second-order valence-electron chi connectivity index (χ2n) is 6.24. The lowest BCUT2D eigenvalue weighted by atomic mass is 9.84. The van der Waals surface area contributed by atoms with E-state index in [0.29, 0.717) is 18.3 Å². The summed E-state index contributed by atoms with van der Waals surface area (Å²) >= 11 is 0. The number of carbonyl (C=O) groups is 1. The van der Waals surface area contributed by atoms with Gasteiger partial charge in [-0.1, -0.05) is 45.2 Å². The van der Waals surface area contributed by atoms with E-state index >= 15 is 0 Å². The predicted octanol–water partition coefficient (Wildman–Crippen LogP) is 3.72. The zero-order chi connectivity index (χ0) is 15.4. The molecule has 0 saturated heterocycles. The van der Waals surface area contributed by atoms with Crippen LogP contribution in [0.25, 0.3) is 0 Å². The molecule has 0 aromatic carbocycles. The minimum atomic E-state index is -0.352. The Bertz CT molecular complexity index is 482. The van der Waals surface area contributed by atoms with Crippen molar-refractivity contribution in [3.8, 4) is 0 Å². The van der Waals surface area contributed by atoms with Gasteiger partial charge in [-0.15, -0.1) is 5.10 Å². The molecule has 5 nitrogen and oxygen atoms in total. The van der Waals surface area contributed by atoms with Crippen molar-refractivity contribution in [2.24, 2.45) is 5.92 Å². The Labute approximate surface area is 127 Å². The highest BCUT2D eigenvalue weighted by Crippen LogP contribution is 2.36. The summed E-state index contributed by atoms with van der Waals surface area (Å²) in [4.78, 5) is 12.0. The van der Waals surface area contributed by atoms with E-state index in [0.717, 1.165) is 24.5 Å². The molecule has 0 radical (unpaired) electrons. The first-order chi connectivity index (χ1) is 10.1. The third-order valence-electron chi connectivity index (χ3n) is 4.42. The zero-order valence-corrected chi connectivity index (χ0v) is 13.6. The number of hydrogen-bond donors (Lipinski definition) is 0. The molecule has 1 saturated carbocycles. The first-order valence-corrected chi connectivity index (χ1v) is 8.20. The summed E-state index contributed by atoms with van der Waals surface area (Å²) in [5.74, 6) is 0.621. The number of rotatable bonds is 5. The standard InChI is InChI=1S/C16H27N3O2/c1-5-12-8-7-9-13(10-12)19-15(11(3)4)14(17-18-19)16(20)21-6-2/h11-13H,5-10H2,1-4H3. The van der Waals surface area contributed by atoms with Gasteiger partial charge in [0.25, 0.3) is 0 Å². The summed E-state index contributed by atoms with van der Waals surface area (Å²) in [6.45, 7) is 8.59. The first-order valence-electron chi connectivity index (χ1n) is 8.20. The highest BCUT2D eigenvalue weighted by molar-refractivity contribution is 5.88. The Morgan fingerprint density at radius 3 is 2.76 bits per heavy atom. The van der Waals surface area contributed by atoms with Gasteiger partial charge in [-0.3, -0.25) is 0 Å². The topological polar surface area (TPSA) is 57.0 Å². The van der Waals surface area contributed by atoms with E-state index in [9.17, 15) is 4.79 Å². The second-order valence-corrected chi connectivity index (χ2v) is 6.24. The molecule has 1 aliphatic carbocycles. The molecule has 2 atom stereocenters. The Morgan fingerprint density at radius 1 is 1.38 bits per heavy atom. The SMILES string of the molecule is CCOC(=O)c1nnn(C2CCCC(CC)C2)c1C(C)C. The quantitative estimate of drug-likeness (QED) is 0.776. The fourth-order valence-corrected chi connectivity index (χ4v) is 3.31. The molecule has 1 aromatic heterocycles. The lowest BCUT2D eigenvalue weighted by Gasteiger charge is -2.29. The van der Waals surface area contributed by atoms with Gasteiger partial charge in [0.2, 0.25) is 0 Å². The smallest absolute Gasteiger partial charge is 0.360 e. The predicted molar refractivity (Wildman–Crippen MR) is 81.4 cm³/mol. The Kier molecular flexibility index (Phi) is 5.37. The molecular formula is C16H27N3O2. The normalized spacial score (nSPS) is 22.5. The van der Waals surface area contributed by atoms with Crippen molar-refractivity contribution in [1.82, 2.24) is 15.0 Å². The third-order valence-corrected chi connectivity index (χ3v) is 4.42. The summed E-state index contributed by atoms with van der Waals surface area (Å²) in [6.07, 6.45) is 6.02. The molecule has 0 bridgehead atoms. The molecule has 5 heteroatoms. The number of aromatic nitrogens is 3. The fraction of sp³-hybridized carbons (Fsp3) is 0.812. The molecule has 2 unspecified atom stereocenters. The highest BCUT2D eigenvalue weighted by Gasteiger charge is 2.29. The molecule has 118 valence electrons. The monoisotopic (exact) mass is 293 g/mol. The highest BCUT2D eigenvalue weighted by atomic mass is 16.5. The van der Waals surface area contributed by atoms with E-state index in [2.05, 4.69) is 31.1 Å². The number of esters is 1. The van der Waals surface area contributed by atoms with Crippen molar-refractivity contribution in [1.29, 1.82) is 0 Å². The van der Waals surface area contributed by atoms with E-state index < -0.39 is 0 Å². The minimum absolute atomic E-state index is 0.210. The third kappa shape index (κ3) is 3.44. The number of carbonyl (C=O) groups excluding carboxylic acids is 1. The summed E-state index contributed by atoms with van der Waals surface area (Å²) in [6, 6.07) is 0.372. The molecule has 0 N–H and O–H groups in total. The van der Waals surface area contributed by atoms with Crippen molar-refractivity contribution < 1.29 is 9.53 Å². The first kappa shape index (κ1) is 16.0. The maximum atomic E-state index is 12.0. The number of nitrogens with zero attached hydrogens (tertiary/aromatic N) is 3. The van der Waals surface area contributed by atoms with Crippen LogP contribution in [0.2, 0.25) is 0 Å².